The minimum absolute atomic E-state index is 0.0365. The molecule has 4 heterocycles. The molecule has 3 aromatic carbocycles. The first kappa shape index (κ1) is 25.1. The van der Waals surface area contributed by atoms with E-state index in [-0.39, 0.29) is 12.2 Å². The second kappa shape index (κ2) is 11.3. The number of piperidine rings is 3. The Balaban J connectivity index is 1.15. The number of nitrogens with zero attached hydrogens (tertiary/aromatic N) is 2. The summed E-state index contributed by atoms with van der Waals surface area (Å²) >= 11 is 0. The van der Waals surface area contributed by atoms with Crippen LogP contribution in [0.4, 0.5) is 10.5 Å². The van der Waals surface area contributed by atoms with Crippen LogP contribution in [-0.4, -0.2) is 47.6 Å². The number of allylic oxidation sites excluding steroid dienone is 1. The smallest absolute Gasteiger partial charge is 0.411 e. The van der Waals surface area contributed by atoms with Gasteiger partial charge in [0.15, 0.2) is 0 Å². The molecule has 1 atom stereocenters. The molecular formula is C33H33N3O3. The third kappa shape index (κ3) is 5.66. The van der Waals surface area contributed by atoms with E-state index in [2.05, 4.69) is 45.3 Å². The first-order chi connectivity index (χ1) is 19.2. The van der Waals surface area contributed by atoms with Gasteiger partial charge in [0.1, 0.15) is 12.4 Å². The number of nitrogens with one attached hydrogen (secondary N) is 1. The van der Waals surface area contributed by atoms with Gasteiger partial charge < -0.3 is 9.30 Å². The highest BCUT2D eigenvalue weighted by molar-refractivity contribution is 5.92. The van der Waals surface area contributed by atoms with Gasteiger partial charge in [0, 0.05) is 41.3 Å². The number of aryl methyl sites for hydroxylation is 1. The van der Waals surface area contributed by atoms with Crippen molar-refractivity contribution in [2.24, 2.45) is 5.92 Å². The van der Waals surface area contributed by atoms with Crippen LogP contribution in [0.5, 0.6) is 0 Å². The zero-order valence-corrected chi connectivity index (χ0v) is 22.0. The van der Waals surface area contributed by atoms with Gasteiger partial charge >= 0.3 is 6.09 Å². The van der Waals surface area contributed by atoms with Crippen molar-refractivity contribution in [3.05, 3.63) is 96.2 Å². The maximum Gasteiger partial charge on any atom is 0.411 e. The van der Waals surface area contributed by atoms with Crippen molar-refractivity contribution < 1.29 is 14.3 Å². The predicted octanol–water partition coefficient (Wildman–Crippen LogP) is 6.87. The second-order valence-electron chi connectivity index (χ2n) is 10.5. The number of aromatic nitrogens is 1. The molecule has 6 nitrogen and oxygen atoms in total. The second-order valence-corrected chi connectivity index (χ2v) is 10.5. The number of fused-ring (bicyclic) bond motifs is 4. The molecule has 0 radical (unpaired) electrons. The maximum absolute atomic E-state index is 13.0. The Kier molecular flexibility index (Phi) is 7.28. The zero-order chi connectivity index (χ0) is 26.6. The van der Waals surface area contributed by atoms with Crippen LogP contribution < -0.4 is 5.32 Å². The first-order valence-electron chi connectivity index (χ1n) is 13.8. The molecule has 3 aliphatic heterocycles. The number of carbonyl (C=O) groups is 2. The summed E-state index contributed by atoms with van der Waals surface area (Å²) in [6.07, 6.45) is 9.82. The van der Waals surface area contributed by atoms with Gasteiger partial charge in [-0.3, -0.25) is 15.0 Å². The number of rotatable bonds is 8. The number of aldehydes is 1. The van der Waals surface area contributed by atoms with Crippen LogP contribution in [-0.2, 0) is 11.3 Å². The fourth-order valence-electron chi connectivity index (χ4n) is 5.88. The third-order valence-corrected chi connectivity index (χ3v) is 8.00. The molecule has 0 spiro atoms. The number of anilines is 1. The quantitative estimate of drug-likeness (QED) is 0.258. The van der Waals surface area contributed by atoms with E-state index in [1.54, 1.807) is 0 Å². The molecule has 0 unspecified atom stereocenters. The van der Waals surface area contributed by atoms with E-state index >= 15 is 0 Å². The number of ether oxygens (including phenoxy) is 1. The van der Waals surface area contributed by atoms with Gasteiger partial charge in [-0.15, -0.1) is 0 Å². The summed E-state index contributed by atoms with van der Waals surface area (Å²) in [5, 5.41) is 4.13. The lowest BCUT2D eigenvalue weighted by atomic mass is 9.86. The van der Waals surface area contributed by atoms with Crippen LogP contribution in [0.3, 0.4) is 0 Å². The van der Waals surface area contributed by atoms with Gasteiger partial charge in [0.25, 0.3) is 0 Å². The Morgan fingerprint density at radius 1 is 0.974 bits per heavy atom. The monoisotopic (exact) mass is 519 g/mol. The third-order valence-electron chi connectivity index (χ3n) is 8.00. The standard InChI is InChI=1S/C33H33N3O3/c37-23-25-10-12-31-28(20-25)15-19-36(31)16-5-4-6-24-9-11-29(26-7-2-1-3-8-26)30(21-24)34-33(38)39-32-22-35-17-13-27(32)14-18-35/h1-4,6-12,15,19-21,23,27,32H,5,13-14,16-18,22H2,(H,34,38)/b6-4+/t32-/m0/s1. The molecule has 3 aliphatic rings. The summed E-state index contributed by atoms with van der Waals surface area (Å²) in [7, 11) is 0. The van der Waals surface area contributed by atoms with Crippen molar-refractivity contribution in [3.63, 3.8) is 0 Å². The summed E-state index contributed by atoms with van der Waals surface area (Å²) in [6, 6.07) is 24.1. The lowest BCUT2D eigenvalue weighted by Gasteiger charge is -2.43. The van der Waals surface area contributed by atoms with Crippen molar-refractivity contribution >= 4 is 35.0 Å². The van der Waals surface area contributed by atoms with Gasteiger partial charge in [-0.2, -0.15) is 0 Å². The largest absolute Gasteiger partial charge is 0.444 e. The molecular weight excluding hydrogens is 486 g/mol. The van der Waals surface area contributed by atoms with Crippen LogP contribution in [0, 0.1) is 5.92 Å². The van der Waals surface area contributed by atoms with E-state index in [0.717, 1.165) is 85.0 Å². The number of amides is 1. The molecule has 0 aliphatic carbocycles. The van der Waals surface area contributed by atoms with Gasteiger partial charge in [0.2, 0.25) is 0 Å². The normalized spacial score (nSPS) is 20.4. The summed E-state index contributed by atoms with van der Waals surface area (Å²) in [6.45, 7) is 3.89. The van der Waals surface area contributed by atoms with Crippen LogP contribution in [0.1, 0.15) is 35.2 Å². The summed E-state index contributed by atoms with van der Waals surface area (Å²) < 4.78 is 8.12. The number of benzene rings is 3. The Labute approximate surface area is 228 Å². The van der Waals surface area contributed by atoms with E-state index in [0.29, 0.717) is 11.5 Å². The molecule has 2 bridgehead atoms. The fourth-order valence-corrected chi connectivity index (χ4v) is 5.88. The highest BCUT2D eigenvalue weighted by Crippen LogP contribution is 2.32. The van der Waals surface area contributed by atoms with Crippen molar-refractivity contribution in [2.75, 3.05) is 25.0 Å². The van der Waals surface area contributed by atoms with Gasteiger partial charge in [-0.05, 0) is 79.7 Å². The average Bonchev–Trinajstić information content (AvgIpc) is 3.38. The minimum Gasteiger partial charge on any atom is -0.444 e. The van der Waals surface area contributed by atoms with E-state index in [1.165, 1.54) is 0 Å². The molecule has 39 heavy (non-hydrogen) atoms. The van der Waals surface area contributed by atoms with E-state index in [9.17, 15) is 9.59 Å². The average molecular weight is 520 g/mol. The molecule has 1 N–H and O–H groups in total. The lowest BCUT2D eigenvalue weighted by molar-refractivity contribution is -0.0289. The molecule has 7 rings (SSSR count). The molecule has 3 fully saturated rings. The Bertz CT molecular complexity index is 1500. The molecule has 3 saturated heterocycles. The van der Waals surface area contributed by atoms with Crippen molar-refractivity contribution in [3.8, 4) is 11.1 Å². The molecule has 1 aromatic heterocycles. The highest BCUT2D eigenvalue weighted by atomic mass is 16.6. The molecule has 1 amide bonds. The lowest BCUT2D eigenvalue weighted by Crippen LogP contribution is -2.52. The van der Waals surface area contributed by atoms with Crippen molar-refractivity contribution in [1.82, 2.24) is 9.47 Å². The van der Waals surface area contributed by atoms with Gasteiger partial charge in [-0.25, -0.2) is 4.79 Å². The summed E-state index contributed by atoms with van der Waals surface area (Å²) in [5.74, 6) is 0.466. The Hall–Kier alpha value is -4.16. The number of hydrogen-bond donors (Lipinski definition) is 1. The zero-order valence-electron chi connectivity index (χ0n) is 22.0. The molecule has 6 heteroatoms. The van der Waals surface area contributed by atoms with E-state index < -0.39 is 0 Å². The molecule has 4 aromatic rings. The van der Waals surface area contributed by atoms with Crippen molar-refractivity contribution in [1.29, 1.82) is 0 Å². The topological polar surface area (TPSA) is 63.6 Å². The number of hydrogen-bond acceptors (Lipinski definition) is 4. The summed E-state index contributed by atoms with van der Waals surface area (Å²) in [4.78, 5) is 26.4. The van der Waals surface area contributed by atoms with Crippen LogP contribution >= 0.6 is 0 Å². The molecule has 198 valence electrons. The minimum atomic E-state index is -0.385. The van der Waals surface area contributed by atoms with E-state index in [4.69, 9.17) is 4.74 Å². The van der Waals surface area contributed by atoms with Gasteiger partial charge in [-0.1, -0.05) is 54.6 Å². The Morgan fingerprint density at radius 3 is 2.56 bits per heavy atom. The predicted molar refractivity (Wildman–Crippen MR) is 156 cm³/mol. The van der Waals surface area contributed by atoms with E-state index in [1.807, 2.05) is 60.7 Å². The fraction of sp³-hybridized carbons (Fsp3) is 0.273. The number of carbonyl (C=O) groups excluding carboxylic acids is 2. The first-order valence-corrected chi connectivity index (χ1v) is 13.8. The van der Waals surface area contributed by atoms with Crippen LogP contribution in [0.15, 0.2) is 85.1 Å². The van der Waals surface area contributed by atoms with Crippen LogP contribution in [0.2, 0.25) is 0 Å². The highest BCUT2D eigenvalue weighted by Gasteiger charge is 2.36. The van der Waals surface area contributed by atoms with Crippen molar-refractivity contribution in [2.45, 2.75) is 31.9 Å². The van der Waals surface area contributed by atoms with Gasteiger partial charge in [0.05, 0.1) is 5.69 Å². The Morgan fingerprint density at radius 2 is 1.79 bits per heavy atom. The summed E-state index contributed by atoms with van der Waals surface area (Å²) in [5.41, 5.74) is 5.58. The maximum atomic E-state index is 13.0. The van der Waals surface area contributed by atoms with Crippen LogP contribution in [0.25, 0.3) is 28.1 Å². The molecule has 0 saturated carbocycles. The SMILES string of the molecule is O=Cc1ccc2c(ccn2CC/C=C/c2ccc(-c3ccccc3)c(NC(=O)O[C@H]3CN4CCC3CC4)c2)c1.